The Hall–Kier alpha value is -0.600. The van der Waals surface area contributed by atoms with E-state index >= 15 is 0 Å². The number of nitrogens with one attached hydrogen (secondary N) is 2. The van der Waals surface area contributed by atoms with E-state index in [1.54, 1.807) is 0 Å². The van der Waals surface area contributed by atoms with Crippen LogP contribution in [0.1, 0.15) is 32.8 Å². The van der Waals surface area contributed by atoms with E-state index in [9.17, 15) is 0 Å². The molecular weight excluding hydrogens is 437 g/mol. The molecule has 0 atom stereocenters. The maximum absolute atomic E-state index is 5.79. The summed E-state index contributed by atoms with van der Waals surface area (Å²) in [6.07, 6.45) is 3.90. The number of hydrogen-bond acceptors (Lipinski definition) is 3. The van der Waals surface area contributed by atoms with Gasteiger partial charge in [0.25, 0.3) is 0 Å². The third-order valence-electron chi connectivity index (χ3n) is 3.51. The number of rotatable bonds is 10. The minimum absolute atomic E-state index is 0. The van der Waals surface area contributed by atoms with Gasteiger partial charge in [0.2, 0.25) is 0 Å². The molecule has 1 aromatic rings. The van der Waals surface area contributed by atoms with Crippen molar-refractivity contribution in [1.82, 2.24) is 20.5 Å². The molecule has 1 aromatic heterocycles. The Balaban J connectivity index is 0.00000529. The van der Waals surface area contributed by atoms with Gasteiger partial charge >= 0.3 is 0 Å². The number of nitrogens with zero attached hydrogens (tertiary/aromatic N) is 3. The standard InChI is InChI=1S/C17H30ClN5.HI/c1-4-12-23(6-3)13-11-21-17(19-5-2)20-10-9-15-7-8-16(18)22-14-15;/h7-8,14H,4-6,9-13H2,1-3H3,(H2,19,20,21);1H. The lowest BCUT2D eigenvalue weighted by Gasteiger charge is -2.18. The number of guanidine groups is 1. The quantitative estimate of drug-likeness (QED) is 0.240. The van der Waals surface area contributed by atoms with Crippen LogP contribution in [-0.2, 0) is 6.42 Å². The van der Waals surface area contributed by atoms with Crippen molar-refractivity contribution in [2.75, 3.05) is 39.3 Å². The van der Waals surface area contributed by atoms with Crippen molar-refractivity contribution in [1.29, 1.82) is 0 Å². The van der Waals surface area contributed by atoms with Crippen LogP contribution in [0.4, 0.5) is 0 Å². The summed E-state index contributed by atoms with van der Waals surface area (Å²) in [6.45, 7) is 12.2. The normalized spacial score (nSPS) is 11.3. The molecule has 0 amide bonds. The molecule has 1 rings (SSSR count). The highest BCUT2D eigenvalue weighted by Crippen LogP contribution is 2.05. The minimum atomic E-state index is 0. The van der Waals surface area contributed by atoms with Gasteiger partial charge in [0.05, 0.1) is 6.54 Å². The zero-order valence-corrected chi connectivity index (χ0v) is 18.1. The molecule has 0 radical (unpaired) electrons. The van der Waals surface area contributed by atoms with E-state index in [-0.39, 0.29) is 24.0 Å². The van der Waals surface area contributed by atoms with Gasteiger partial charge in [0.1, 0.15) is 5.15 Å². The van der Waals surface area contributed by atoms with E-state index < -0.39 is 0 Å². The molecule has 5 nitrogen and oxygen atoms in total. The van der Waals surface area contributed by atoms with E-state index in [2.05, 4.69) is 46.3 Å². The molecule has 2 N–H and O–H groups in total. The van der Waals surface area contributed by atoms with Gasteiger partial charge in [-0.2, -0.15) is 0 Å². The first-order valence-corrected chi connectivity index (χ1v) is 8.92. The average Bonchev–Trinajstić information content (AvgIpc) is 2.55. The molecule has 1 heterocycles. The van der Waals surface area contributed by atoms with Crippen LogP contribution in [0.2, 0.25) is 5.15 Å². The van der Waals surface area contributed by atoms with Crippen LogP contribution in [0.15, 0.2) is 23.3 Å². The van der Waals surface area contributed by atoms with Crippen LogP contribution in [-0.4, -0.2) is 55.1 Å². The van der Waals surface area contributed by atoms with Gasteiger partial charge in [0, 0.05) is 25.8 Å². The zero-order chi connectivity index (χ0) is 16.9. The number of hydrogen-bond donors (Lipinski definition) is 2. The lowest BCUT2D eigenvalue weighted by molar-refractivity contribution is 0.297. The molecule has 24 heavy (non-hydrogen) atoms. The molecule has 0 aliphatic rings. The molecule has 0 unspecified atom stereocenters. The first-order chi connectivity index (χ1) is 11.2. The third-order valence-corrected chi connectivity index (χ3v) is 3.74. The van der Waals surface area contributed by atoms with Gasteiger partial charge in [-0.3, -0.25) is 4.99 Å². The van der Waals surface area contributed by atoms with Crippen LogP contribution in [0.25, 0.3) is 0 Å². The van der Waals surface area contributed by atoms with Gasteiger partial charge in [-0.15, -0.1) is 24.0 Å². The summed E-state index contributed by atoms with van der Waals surface area (Å²) in [5.41, 5.74) is 1.16. The van der Waals surface area contributed by atoms with Crippen molar-refractivity contribution in [3.63, 3.8) is 0 Å². The Morgan fingerprint density at radius 3 is 2.58 bits per heavy atom. The number of pyridine rings is 1. The molecule has 0 bridgehead atoms. The van der Waals surface area contributed by atoms with Crippen molar-refractivity contribution in [3.8, 4) is 0 Å². The Morgan fingerprint density at radius 2 is 2.00 bits per heavy atom. The Kier molecular flexibility index (Phi) is 14.4. The van der Waals surface area contributed by atoms with Crippen molar-refractivity contribution >= 4 is 41.5 Å². The molecule has 0 spiro atoms. The van der Waals surface area contributed by atoms with Crippen LogP contribution in [0, 0.1) is 0 Å². The predicted octanol–water partition coefficient (Wildman–Crippen LogP) is 3.18. The summed E-state index contributed by atoms with van der Waals surface area (Å²) in [4.78, 5) is 11.2. The summed E-state index contributed by atoms with van der Waals surface area (Å²) in [5, 5.41) is 7.18. The molecule has 0 aliphatic heterocycles. The van der Waals surface area contributed by atoms with E-state index in [0.717, 1.165) is 57.2 Å². The molecule has 0 aromatic carbocycles. The SMILES string of the molecule is CCCN(CC)CCN=C(NCC)NCCc1ccc(Cl)nc1.I. The third kappa shape index (κ3) is 10.3. The highest BCUT2D eigenvalue weighted by atomic mass is 127. The highest BCUT2D eigenvalue weighted by molar-refractivity contribution is 14.0. The Bertz CT molecular complexity index is 453. The fraction of sp³-hybridized carbons (Fsp3) is 0.647. The van der Waals surface area contributed by atoms with Gasteiger partial charge in [-0.05, 0) is 44.5 Å². The zero-order valence-electron chi connectivity index (χ0n) is 15.0. The molecule has 7 heteroatoms. The highest BCUT2D eigenvalue weighted by Gasteiger charge is 2.01. The molecule has 0 aliphatic carbocycles. The van der Waals surface area contributed by atoms with E-state index in [4.69, 9.17) is 11.6 Å². The Labute approximate surface area is 168 Å². The molecule has 0 saturated heterocycles. The van der Waals surface area contributed by atoms with E-state index in [0.29, 0.717) is 5.15 Å². The van der Waals surface area contributed by atoms with E-state index in [1.807, 2.05) is 18.3 Å². The maximum Gasteiger partial charge on any atom is 0.191 e. The van der Waals surface area contributed by atoms with Gasteiger partial charge in [-0.25, -0.2) is 4.98 Å². The summed E-state index contributed by atoms with van der Waals surface area (Å²) in [5.74, 6) is 0.877. The van der Waals surface area contributed by atoms with Crippen molar-refractivity contribution in [3.05, 3.63) is 29.0 Å². The van der Waals surface area contributed by atoms with Gasteiger partial charge < -0.3 is 15.5 Å². The van der Waals surface area contributed by atoms with Crippen LogP contribution >= 0.6 is 35.6 Å². The minimum Gasteiger partial charge on any atom is -0.357 e. The molecule has 0 fully saturated rings. The summed E-state index contributed by atoms with van der Waals surface area (Å²) < 4.78 is 0. The second kappa shape index (κ2) is 14.7. The summed E-state index contributed by atoms with van der Waals surface area (Å²) >= 11 is 5.79. The smallest absolute Gasteiger partial charge is 0.191 e. The predicted molar refractivity (Wildman–Crippen MR) is 115 cm³/mol. The largest absolute Gasteiger partial charge is 0.357 e. The molecule has 138 valence electrons. The van der Waals surface area contributed by atoms with Crippen LogP contribution in [0.5, 0.6) is 0 Å². The lowest BCUT2D eigenvalue weighted by Crippen LogP contribution is -2.39. The fourth-order valence-corrected chi connectivity index (χ4v) is 2.38. The summed E-state index contributed by atoms with van der Waals surface area (Å²) in [7, 11) is 0. The van der Waals surface area contributed by atoms with Crippen molar-refractivity contribution in [2.24, 2.45) is 4.99 Å². The number of halogens is 2. The topological polar surface area (TPSA) is 52.5 Å². The number of aromatic nitrogens is 1. The number of likely N-dealkylation sites (N-methyl/N-ethyl adjacent to an activating group) is 1. The number of aliphatic imine (C=N–C) groups is 1. The first kappa shape index (κ1) is 23.4. The first-order valence-electron chi connectivity index (χ1n) is 8.54. The Morgan fingerprint density at radius 1 is 1.21 bits per heavy atom. The fourth-order valence-electron chi connectivity index (χ4n) is 2.27. The second-order valence-electron chi connectivity index (χ2n) is 5.36. The molecular formula is C17H31ClIN5. The average molecular weight is 468 g/mol. The second-order valence-corrected chi connectivity index (χ2v) is 5.75. The maximum atomic E-state index is 5.79. The van der Waals surface area contributed by atoms with Crippen LogP contribution < -0.4 is 10.6 Å². The molecule has 0 saturated carbocycles. The van der Waals surface area contributed by atoms with E-state index in [1.165, 1.54) is 6.42 Å². The monoisotopic (exact) mass is 467 g/mol. The summed E-state index contributed by atoms with van der Waals surface area (Å²) in [6, 6.07) is 3.83. The van der Waals surface area contributed by atoms with Crippen LogP contribution in [0.3, 0.4) is 0 Å². The lowest BCUT2D eigenvalue weighted by atomic mass is 10.2. The van der Waals surface area contributed by atoms with Gasteiger partial charge in [0.15, 0.2) is 5.96 Å². The van der Waals surface area contributed by atoms with Crippen molar-refractivity contribution < 1.29 is 0 Å². The van der Waals surface area contributed by atoms with Crippen molar-refractivity contribution in [2.45, 2.75) is 33.6 Å². The van der Waals surface area contributed by atoms with Gasteiger partial charge in [-0.1, -0.05) is 31.5 Å².